The maximum absolute atomic E-state index is 12.4. The van der Waals surface area contributed by atoms with Crippen LogP contribution >= 0.6 is 34.8 Å². The van der Waals surface area contributed by atoms with Gasteiger partial charge in [-0.1, -0.05) is 61.0 Å². The van der Waals surface area contributed by atoms with Gasteiger partial charge in [0.1, 0.15) is 0 Å². The lowest BCUT2D eigenvalue weighted by Gasteiger charge is -2.31. The average Bonchev–Trinajstić information content (AvgIpc) is 2.64. The highest BCUT2D eigenvalue weighted by atomic mass is 35.5. The van der Waals surface area contributed by atoms with Crippen LogP contribution in [0.4, 0.5) is 5.69 Å². The number of carbonyl (C=O) groups excluding carboxylic acids is 2. The van der Waals surface area contributed by atoms with E-state index in [1.54, 1.807) is 0 Å². The predicted molar refractivity (Wildman–Crippen MR) is 116 cm³/mol. The molecule has 0 bridgehead atoms. The van der Waals surface area contributed by atoms with Crippen LogP contribution in [0.25, 0.3) is 0 Å². The van der Waals surface area contributed by atoms with Crippen LogP contribution in [-0.4, -0.2) is 42.9 Å². The SMILES string of the molecule is CCCCCCNC(=O)C1CCCN(CC(=O)Nc2c(Cl)cc(Cl)cc2Cl)C1. The lowest BCUT2D eigenvalue weighted by Crippen LogP contribution is -2.45. The van der Waals surface area contributed by atoms with Crippen LogP contribution in [0.5, 0.6) is 0 Å². The van der Waals surface area contributed by atoms with Gasteiger partial charge in [-0.15, -0.1) is 0 Å². The molecule has 0 saturated carbocycles. The van der Waals surface area contributed by atoms with Crippen LogP contribution in [0.1, 0.15) is 45.4 Å². The van der Waals surface area contributed by atoms with Crippen LogP contribution in [0.3, 0.4) is 0 Å². The van der Waals surface area contributed by atoms with Crippen LogP contribution in [0.15, 0.2) is 12.1 Å². The lowest BCUT2D eigenvalue weighted by molar-refractivity contribution is -0.127. The number of nitrogens with one attached hydrogen (secondary N) is 2. The number of likely N-dealkylation sites (tertiary alicyclic amines) is 1. The Morgan fingerprint density at radius 1 is 1.14 bits per heavy atom. The minimum Gasteiger partial charge on any atom is -0.356 e. The Kier molecular flexibility index (Phi) is 9.86. The van der Waals surface area contributed by atoms with E-state index >= 15 is 0 Å². The number of amides is 2. The highest BCUT2D eigenvalue weighted by molar-refractivity contribution is 6.42. The van der Waals surface area contributed by atoms with Gasteiger partial charge in [-0.25, -0.2) is 0 Å². The lowest BCUT2D eigenvalue weighted by atomic mass is 9.97. The van der Waals surface area contributed by atoms with Crippen molar-refractivity contribution in [3.63, 3.8) is 0 Å². The summed E-state index contributed by atoms with van der Waals surface area (Å²) in [7, 11) is 0. The molecule has 2 rings (SSSR count). The summed E-state index contributed by atoms with van der Waals surface area (Å²) in [6.45, 7) is 4.45. The van der Waals surface area contributed by atoms with Gasteiger partial charge in [-0.05, 0) is 37.9 Å². The van der Waals surface area contributed by atoms with Crippen LogP contribution in [0, 0.1) is 5.92 Å². The van der Waals surface area contributed by atoms with E-state index in [0.717, 1.165) is 38.8 Å². The van der Waals surface area contributed by atoms with Crippen LogP contribution in [0.2, 0.25) is 15.1 Å². The molecule has 2 amide bonds. The molecule has 28 heavy (non-hydrogen) atoms. The van der Waals surface area contributed by atoms with E-state index in [4.69, 9.17) is 34.8 Å². The molecule has 1 aromatic carbocycles. The van der Waals surface area contributed by atoms with Crippen molar-refractivity contribution in [1.29, 1.82) is 0 Å². The van der Waals surface area contributed by atoms with Gasteiger partial charge in [0, 0.05) is 18.1 Å². The second-order valence-electron chi connectivity index (χ2n) is 7.22. The second-order valence-corrected chi connectivity index (χ2v) is 8.47. The molecule has 5 nitrogen and oxygen atoms in total. The Labute approximate surface area is 182 Å². The first-order valence-corrected chi connectivity index (χ1v) is 11.0. The zero-order valence-corrected chi connectivity index (χ0v) is 18.5. The monoisotopic (exact) mass is 447 g/mol. The molecule has 1 unspecified atom stereocenters. The number of carbonyl (C=O) groups is 2. The first kappa shape index (κ1) is 23.3. The number of rotatable bonds is 9. The number of hydrogen-bond acceptors (Lipinski definition) is 3. The molecule has 1 aliphatic rings. The smallest absolute Gasteiger partial charge is 0.238 e. The average molecular weight is 449 g/mol. The van der Waals surface area contributed by atoms with Gasteiger partial charge in [0.25, 0.3) is 0 Å². The molecule has 0 aliphatic carbocycles. The normalized spacial score (nSPS) is 17.4. The fraction of sp³-hybridized carbons (Fsp3) is 0.600. The highest BCUT2D eigenvalue weighted by Gasteiger charge is 2.26. The summed E-state index contributed by atoms with van der Waals surface area (Å²) in [5.41, 5.74) is 0.358. The van der Waals surface area contributed by atoms with E-state index in [1.807, 2.05) is 4.90 Å². The second kappa shape index (κ2) is 11.9. The predicted octanol–water partition coefficient (Wildman–Crippen LogP) is 4.99. The summed E-state index contributed by atoms with van der Waals surface area (Å²) < 4.78 is 0. The molecule has 1 atom stereocenters. The summed E-state index contributed by atoms with van der Waals surface area (Å²) in [4.78, 5) is 26.8. The third-order valence-electron chi connectivity index (χ3n) is 4.84. The zero-order chi connectivity index (χ0) is 20.5. The Morgan fingerprint density at radius 2 is 1.86 bits per heavy atom. The van der Waals surface area contributed by atoms with Gasteiger partial charge in [-0.2, -0.15) is 0 Å². The molecule has 1 fully saturated rings. The number of piperidine rings is 1. The van der Waals surface area contributed by atoms with Crippen molar-refractivity contribution in [2.45, 2.75) is 45.4 Å². The fourth-order valence-electron chi connectivity index (χ4n) is 3.36. The van der Waals surface area contributed by atoms with E-state index in [-0.39, 0.29) is 24.3 Å². The van der Waals surface area contributed by atoms with Crippen molar-refractivity contribution in [3.8, 4) is 0 Å². The molecule has 2 N–H and O–H groups in total. The Morgan fingerprint density at radius 3 is 2.54 bits per heavy atom. The molecule has 1 heterocycles. The van der Waals surface area contributed by atoms with Gasteiger partial charge in [-0.3, -0.25) is 14.5 Å². The van der Waals surface area contributed by atoms with E-state index in [9.17, 15) is 9.59 Å². The molecule has 0 radical (unpaired) electrons. The number of hydrogen-bond donors (Lipinski definition) is 2. The van der Waals surface area contributed by atoms with Gasteiger partial charge in [0.05, 0.1) is 28.2 Å². The first-order valence-electron chi connectivity index (χ1n) is 9.85. The van der Waals surface area contributed by atoms with E-state index in [0.29, 0.717) is 27.3 Å². The summed E-state index contributed by atoms with van der Waals surface area (Å²) >= 11 is 18.1. The number of anilines is 1. The zero-order valence-electron chi connectivity index (χ0n) is 16.2. The van der Waals surface area contributed by atoms with Gasteiger partial charge >= 0.3 is 0 Å². The molecule has 8 heteroatoms. The Bertz CT molecular complexity index is 662. The summed E-state index contributed by atoms with van der Waals surface area (Å²) in [5, 5.41) is 6.78. The maximum atomic E-state index is 12.4. The first-order chi connectivity index (χ1) is 13.4. The van der Waals surface area contributed by atoms with Crippen molar-refractivity contribution in [2.75, 3.05) is 31.5 Å². The van der Waals surface area contributed by atoms with Crippen molar-refractivity contribution < 1.29 is 9.59 Å². The number of unbranched alkanes of at least 4 members (excludes halogenated alkanes) is 3. The molecule has 1 aliphatic heterocycles. The molecule has 1 aromatic rings. The highest BCUT2D eigenvalue weighted by Crippen LogP contribution is 2.33. The van der Waals surface area contributed by atoms with Crippen LogP contribution in [-0.2, 0) is 9.59 Å². The fourth-order valence-corrected chi connectivity index (χ4v) is 4.28. The Balaban J connectivity index is 1.81. The number of benzene rings is 1. The molecular formula is C20H28Cl3N3O2. The summed E-state index contributed by atoms with van der Waals surface area (Å²) in [6, 6.07) is 3.07. The van der Waals surface area contributed by atoms with Crippen molar-refractivity contribution in [2.24, 2.45) is 5.92 Å². The molecule has 0 spiro atoms. The maximum Gasteiger partial charge on any atom is 0.238 e. The van der Waals surface area contributed by atoms with E-state index < -0.39 is 0 Å². The van der Waals surface area contributed by atoms with Crippen molar-refractivity contribution in [1.82, 2.24) is 10.2 Å². The quantitative estimate of drug-likeness (QED) is 0.523. The van der Waals surface area contributed by atoms with Crippen molar-refractivity contribution in [3.05, 3.63) is 27.2 Å². The van der Waals surface area contributed by atoms with Crippen molar-refractivity contribution >= 4 is 52.3 Å². The molecular weight excluding hydrogens is 421 g/mol. The van der Waals surface area contributed by atoms with E-state index in [2.05, 4.69) is 17.6 Å². The topological polar surface area (TPSA) is 61.4 Å². The largest absolute Gasteiger partial charge is 0.356 e. The van der Waals surface area contributed by atoms with Gasteiger partial charge in [0.15, 0.2) is 0 Å². The summed E-state index contributed by atoms with van der Waals surface area (Å²) in [6.07, 6.45) is 6.28. The van der Waals surface area contributed by atoms with Gasteiger partial charge < -0.3 is 10.6 Å². The molecule has 1 saturated heterocycles. The number of halogens is 3. The van der Waals surface area contributed by atoms with Crippen LogP contribution < -0.4 is 10.6 Å². The standard InChI is InChI=1S/C20H28Cl3N3O2/c1-2-3-4-5-8-24-20(28)14-7-6-9-26(12-14)13-18(27)25-19-16(22)10-15(21)11-17(19)23/h10-11,14H,2-9,12-13H2,1H3,(H,24,28)(H,25,27). The molecule has 156 valence electrons. The van der Waals surface area contributed by atoms with Gasteiger partial charge in [0.2, 0.25) is 11.8 Å². The summed E-state index contributed by atoms with van der Waals surface area (Å²) in [5.74, 6) is -0.201. The third-order valence-corrected chi connectivity index (χ3v) is 5.66. The molecule has 0 aromatic heterocycles. The minimum atomic E-state index is -0.216. The number of nitrogens with zero attached hydrogens (tertiary/aromatic N) is 1. The van der Waals surface area contributed by atoms with E-state index in [1.165, 1.54) is 25.0 Å². The minimum absolute atomic E-state index is 0.0737. The third kappa shape index (κ3) is 7.43. The Hall–Kier alpha value is -1.01.